The van der Waals surface area contributed by atoms with Gasteiger partial charge in [-0.3, -0.25) is 14.4 Å². The summed E-state index contributed by atoms with van der Waals surface area (Å²) in [6.45, 7) is 2.73. The number of amides is 3. The molecule has 0 aromatic carbocycles. The summed E-state index contributed by atoms with van der Waals surface area (Å²) in [7, 11) is 0. The zero-order chi connectivity index (χ0) is 16.3. The molecule has 2 saturated heterocycles. The number of carbonyl (C=O) groups excluding carboxylic acids is 3. The molecule has 3 amide bonds. The number of primary amides is 1. The summed E-state index contributed by atoms with van der Waals surface area (Å²) in [5.74, 6) is -1.30. The quantitative estimate of drug-likeness (QED) is 0.471. The average molecular weight is 312 g/mol. The van der Waals surface area contributed by atoms with Gasteiger partial charge < -0.3 is 26.4 Å². The van der Waals surface area contributed by atoms with Crippen LogP contribution in [0.5, 0.6) is 0 Å². The molecule has 0 saturated carbocycles. The molecule has 0 aromatic heterocycles. The molecule has 2 aliphatic heterocycles. The Hall–Kier alpha value is -1.67. The fraction of sp³-hybridized carbons (Fsp3) is 0.786. The molecule has 2 fully saturated rings. The van der Waals surface area contributed by atoms with Crippen molar-refractivity contribution in [3.05, 3.63) is 0 Å². The van der Waals surface area contributed by atoms with E-state index in [0.717, 1.165) is 25.8 Å². The van der Waals surface area contributed by atoms with Crippen molar-refractivity contribution in [2.45, 2.75) is 56.8 Å². The Morgan fingerprint density at radius 2 is 2.05 bits per heavy atom. The molecule has 0 aliphatic carbocycles. The highest BCUT2D eigenvalue weighted by Crippen LogP contribution is 2.21. The fourth-order valence-corrected chi connectivity index (χ4v) is 3.08. The van der Waals surface area contributed by atoms with E-state index in [-0.39, 0.29) is 11.9 Å². The average Bonchev–Trinajstić information content (AvgIpc) is 3.13. The van der Waals surface area contributed by atoms with Gasteiger partial charge >= 0.3 is 0 Å². The second-order valence-corrected chi connectivity index (χ2v) is 5.97. The molecule has 0 aromatic rings. The molecule has 124 valence electrons. The van der Waals surface area contributed by atoms with Crippen molar-refractivity contribution in [1.29, 1.82) is 0 Å². The molecule has 5 N–H and O–H groups in total. The fourth-order valence-electron chi connectivity index (χ4n) is 3.08. The van der Waals surface area contributed by atoms with E-state index in [2.05, 4.69) is 10.6 Å². The lowest BCUT2D eigenvalue weighted by Gasteiger charge is -2.28. The van der Waals surface area contributed by atoms with Crippen LogP contribution < -0.4 is 16.4 Å². The molecule has 0 radical (unpaired) electrons. The number of nitrogens with one attached hydrogen (secondary N) is 2. The van der Waals surface area contributed by atoms with Crippen LogP contribution in [0, 0.1) is 0 Å². The van der Waals surface area contributed by atoms with Crippen LogP contribution in [0.1, 0.15) is 32.6 Å². The molecule has 0 bridgehead atoms. The number of rotatable bonds is 5. The topological polar surface area (TPSA) is 125 Å². The summed E-state index contributed by atoms with van der Waals surface area (Å²) in [6, 6.07) is -1.97. The SMILES string of the molecule is CC(O)C(NC(=O)C1CCCN1C(=O)[C@@H]1CCCN1)C(N)=O. The lowest BCUT2D eigenvalue weighted by Crippen LogP contribution is -2.57. The highest BCUT2D eigenvalue weighted by Gasteiger charge is 2.39. The molecule has 3 unspecified atom stereocenters. The molecular weight excluding hydrogens is 288 g/mol. The molecule has 4 atom stereocenters. The van der Waals surface area contributed by atoms with Crippen molar-refractivity contribution < 1.29 is 19.5 Å². The van der Waals surface area contributed by atoms with Crippen molar-refractivity contribution in [2.75, 3.05) is 13.1 Å². The third-order valence-corrected chi connectivity index (χ3v) is 4.28. The first-order chi connectivity index (χ1) is 10.4. The highest BCUT2D eigenvalue weighted by atomic mass is 16.3. The minimum absolute atomic E-state index is 0.0668. The van der Waals surface area contributed by atoms with E-state index in [1.807, 2.05) is 0 Å². The van der Waals surface area contributed by atoms with Crippen molar-refractivity contribution >= 4 is 17.7 Å². The first kappa shape index (κ1) is 16.7. The van der Waals surface area contributed by atoms with Crippen molar-refractivity contribution in [3.8, 4) is 0 Å². The molecule has 0 spiro atoms. The van der Waals surface area contributed by atoms with Crippen LogP contribution in [0.25, 0.3) is 0 Å². The van der Waals surface area contributed by atoms with Gasteiger partial charge in [-0.15, -0.1) is 0 Å². The van der Waals surface area contributed by atoms with Gasteiger partial charge in [0.15, 0.2) is 0 Å². The molecule has 2 aliphatic rings. The van der Waals surface area contributed by atoms with Gasteiger partial charge in [-0.05, 0) is 39.2 Å². The molecule has 22 heavy (non-hydrogen) atoms. The molecule has 2 rings (SSSR count). The Kier molecular flexibility index (Phi) is 5.36. The number of carbonyl (C=O) groups is 3. The van der Waals surface area contributed by atoms with Crippen molar-refractivity contribution in [3.63, 3.8) is 0 Å². The Balaban J connectivity index is 2.01. The van der Waals surface area contributed by atoms with E-state index in [9.17, 15) is 19.5 Å². The van der Waals surface area contributed by atoms with Gasteiger partial charge in [-0.25, -0.2) is 0 Å². The number of aliphatic hydroxyl groups is 1. The van der Waals surface area contributed by atoms with Gasteiger partial charge in [0.2, 0.25) is 17.7 Å². The van der Waals surface area contributed by atoms with Gasteiger partial charge in [0.05, 0.1) is 12.1 Å². The van der Waals surface area contributed by atoms with Crippen molar-refractivity contribution in [1.82, 2.24) is 15.5 Å². The number of nitrogens with two attached hydrogens (primary N) is 1. The standard InChI is InChI=1S/C14H24N4O4/c1-8(19)11(12(15)20)17-13(21)10-5-3-7-18(10)14(22)9-4-2-6-16-9/h8-11,16,19H,2-7H2,1H3,(H2,15,20)(H,17,21)/t8?,9-,10?,11?/m0/s1. The molecular formula is C14H24N4O4. The minimum Gasteiger partial charge on any atom is -0.391 e. The minimum atomic E-state index is -1.14. The number of aliphatic hydroxyl groups excluding tert-OH is 1. The van der Waals surface area contributed by atoms with Gasteiger partial charge in [0, 0.05) is 6.54 Å². The lowest BCUT2D eigenvalue weighted by molar-refractivity contribution is -0.141. The van der Waals surface area contributed by atoms with Crippen LogP contribution in [0.3, 0.4) is 0 Å². The van der Waals surface area contributed by atoms with Crippen LogP contribution in [-0.4, -0.2) is 65.0 Å². The predicted molar refractivity (Wildman–Crippen MR) is 78.6 cm³/mol. The predicted octanol–water partition coefficient (Wildman–Crippen LogP) is -1.92. The summed E-state index contributed by atoms with van der Waals surface area (Å²) in [4.78, 5) is 37.6. The van der Waals surface area contributed by atoms with Gasteiger partial charge in [0.1, 0.15) is 12.1 Å². The first-order valence-corrected chi connectivity index (χ1v) is 7.73. The number of nitrogens with zero attached hydrogens (tertiary/aromatic N) is 1. The molecule has 8 heteroatoms. The third kappa shape index (κ3) is 3.56. The van der Waals surface area contributed by atoms with E-state index in [0.29, 0.717) is 13.0 Å². The maximum Gasteiger partial charge on any atom is 0.243 e. The normalized spacial score (nSPS) is 27.5. The van der Waals surface area contributed by atoms with Crippen molar-refractivity contribution in [2.24, 2.45) is 5.73 Å². The second kappa shape index (κ2) is 7.06. The van der Waals surface area contributed by atoms with Crippen LogP contribution in [0.2, 0.25) is 0 Å². The number of hydrogen-bond acceptors (Lipinski definition) is 5. The highest BCUT2D eigenvalue weighted by molar-refractivity contribution is 5.93. The second-order valence-electron chi connectivity index (χ2n) is 5.97. The number of hydrogen-bond donors (Lipinski definition) is 4. The Labute approximate surface area is 129 Å². The summed E-state index contributed by atoms with van der Waals surface area (Å²) >= 11 is 0. The van der Waals surface area contributed by atoms with E-state index in [1.54, 1.807) is 4.90 Å². The smallest absolute Gasteiger partial charge is 0.243 e. The largest absolute Gasteiger partial charge is 0.391 e. The summed E-state index contributed by atoms with van der Waals surface area (Å²) in [5, 5.41) is 15.1. The Morgan fingerprint density at radius 3 is 2.59 bits per heavy atom. The maximum absolute atomic E-state index is 12.5. The Morgan fingerprint density at radius 1 is 1.32 bits per heavy atom. The number of likely N-dealkylation sites (tertiary alicyclic amines) is 1. The zero-order valence-electron chi connectivity index (χ0n) is 12.7. The zero-order valence-corrected chi connectivity index (χ0v) is 12.7. The Bertz CT molecular complexity index is 448. The molecule has 2 heterocycles. The van der Waals surface area contributed by atoms with E-state index >= 15 is 0 Å². The third-order valence-electron chi connectivity index (χ3n) is 4.28. The summed E-state index contributed by atoms with van der Waals surface area (Å²) < 4.78 is 0. The van der Waals surface area contributed by atoms with Crippen LogP contribution >= 0.6 is 0 Å². The molecule has 8 nitrogen and oxygen atoms in total. The van der Waals surface area contributed by atoms with E-state index in [1.165, 1.54) is 6.92 Å². The van der Waals surface area contributed by atoms with E-state index < -0.39 is 30.0 Å². The summed E-state index contributed by atoms with van der Waals surface area (Å²) in [6.07, 6.45) is 1.94. The van der Waals surface area contributed by atoms with Gasteiger partial charge in [-0.2, -0.15) is 0 Å². The van der Waals surface area contributed by atoms with Gasteiger partial charge in [-0.1, -0.05) is 0 Å². The first-order valence-electron chi connectivity index (χ1n) is 7.73. The van der Waals surface area contributed by atoms with Crippen LogP contribution in [0.4, 0.5) is 0 Å². The monoisotopic (exact) mass is 312 g/mol. The van der Waals surface area contributed by atoms with E-state index in [4.69, 9.17) is 5.73 Å². The van der Waals surface area contributed by atoms with Crippen LogP contribution in [-0.2, 0) is 14.4 Å². The van der Waals surface area contributed by atoms with Crippen LogP contribution in [0.15, 0.2) is 0 Å². The summed E-state index contributed by atoms with van der Waals surface area (Å²) in [5.41, 5.74) is 5.17. The van der Waals surface area contributed by atoms with Gasteiger partial charge in [0.25, 0.3) is 0 Å². The maximum atomic E-state index is 12.5. The lowest BCUT2D eigenvalue weighted by atomic mass is 10.1.